The van der Waals surface area contributed by atoms with Crippen LogP contribution in [0.2, 0.25) is 0 Å². The Balaban J connectivity index is 1.87. The van der Waals surface area contributed by atoms with Gasteiger partial charge in [-0.3, -0.25) is 0 Å². The average molecular weight is 267 g/mol. The zero-order chi connectivity index (χ0) is 13.7. The lowest BCUT2D eigenvalue weighted by molar-refractivity contribution is -0.0486. The summed E-state index contributed by atoms with van der Waals surface area (Å²) in [6.45, 7) is 9.19. The van der Waals surface area contributed by atoms with E-state index in [-0.39, 0.29) is 0 Å². The van der Waals surface area contributed by atoms with Crippen molar-refractivity contribution in [2.75, 3.05) is 13.2 Å². The summed E-state index contributed by atoms with van der Waals surface area (Å²) in [7, 11) is 0. The van der Waals surface area contributed by atoms with Gasteiger partial charge in [-0.1, -0.05) is 40.0 Å². The second kappa shape index (κ2) is 7.08. The van der Waals surface area contributed by atoms with Crippen LogP contribution in [0.5, 0.6) is 0 Å². The Morgan fingerprint density at radius 3 is 2.53 bits per heavy atom. The second-order valence-electron chi connectivity index (χ2n) is 7.33. The number of ether oxygens (including phenoxy) is 1. The fourth-order valence-electron chi connectivity index (χ4n) is 3.91. The minimum absolute atomic E-state index is 0.383. The lowest BCUT2D eigenvalue weighted by atomic mass is 9.71. The molecular formula is C17H33NO. The summed E-state index contributed by atoms with van der Waals surface area (Å²) in [4.78, 5) is 0. The van der Waals surface area contributed by atoms with Crippen LogP contribution in [0, 0.1) is 11.3 Å². The molecule has 0 radical (unpaired) electrons. The third-order valence-corrected chi connectivity index (χ3v) is 5.16. The van der Waals surface area contributed by atoms with Gasteiger partial charge >= 0.3 is 0 Å². The lowest BCUT2D eigenvalue weighted by Crippen LogP contribution is -2.54. The van der Waals surface area contributed by atoms with E-state index in [2.05, 4.69) is 26.1 Å². The Kier molecular flexibility index (Phi) is 5.70. The van der Waals surface area contributed by atoms with Crippen molar-refractivity contribution < 1.29 is 4.74 Å². The van der Waals surface area contributed by atoms with Crippen LogP contribution in [0.25, 0.3) is 0 Å². The van der Waals surface area contributed by atoms with Gasteiger partial charge in [0.05, 0.1) is 6.10 Å². The van der Waals surface area contributed by atoms with Gasteiger partial charge in [0.1, 0.15) is 0 Å². The molecule has 0 bridgehead atoms. The maximum atomic E-state index is 6.35. The number of nitrogens with one attached hydrogen (secondary N) is 1. The standard InChI is InChI=1S/C17H33NO/c1-4-12-18-16-15(10-7-11-17(16,2)3)19-13-14-8-5-6-9-14/h14-16,18H,4-13H2,1-3H3. The van der Waals surface area contributed by atoms with Crippen LogP contribution in [0.3, 0.4) is 0 Å². The molecule has 2 rings (SSSR count). The predicted molar refractivity (Wildman–Crippen MR) is 81.4 cm³/mol. The molecule has 2 aliphatic rings. The highest BCUT2D eigenvalue weighted by Gasteiger charge is 2.39. The van der Waals surface area contributed by atoms with Crippen molar-refractivity contribution in [2.24, 2.45) is 11.3 Å². The van der Waals surface area contributed by atoms with Gasteiger partial charge in [-0.2, -0.15) is 0 Å². The van der Waals surface area contributed by atoms with Crippen molar-refractivity contribution in [1.29, 1.82) is 0 Å². The molecule has 0 aliphatic heterocycles. The Bertz CT molecular complexity index is 258. The lowest BCUT2D eigenvalue weighted by Gasteiger charge is -2.44. The molecule has 2 atom stereocenters. The molecule has 19 heavy (non-hydrogen) atoms. The van der Waals surface area contributed by atoms with E-state index in [1.54, 1.807) is 0 Å². The van der Waals surface area contributed by atoms with E-state index in [0.717, 1.165) is 19.1 Å². The van der Waals surface area contributed by atoms with E-state index < -0.39 is 0 Å². The largest absolute Gasteiger partial charge is 0.376 e. The number of rotatable bonds is 6. The highest BCUT2D eigenvalue weighted by Crippen LogP contribution is 2.37. The summed E-state index contributed by atoms with van der Waals surface area (Å²) < 4.78 is 6.35. The Hall–Kier alpha value is -0.0800. The molecule has 2 heteroatoms. The summed E-state index contributed by atoms with van der Waals surface area (Å²) in [5.74, 6) is 0.844. The molecule has 0 aromatic rings. The van der Waals surface area contributed by atoms with E-state index in [1.807, 2.05) is 0 Å². The van der Waals surface area contributed by atoms with Crippen molar-refractivity contribution >= 4 is 0 Å². The Morgan fingerprint density at radius 2 is 1.84 bits per heavy atom. The summed E-state index contributed by atoms with van der Waals surface area (Å²) in [5.41, 5.74) is 0.383. The van der Waals surface area contributed by atoms with E-state index >= 15 is 0 Å². The van der Waals surface area contributed by atoms with Crippen molar-refractivity contribution in [3.8, 4) is 0 Å². The first kappa shape index (κ1) is 15.3. The summed E-state index contributed by atoms with van der Waals surface area (Å²) >= 11 is 0. The van der Waals surface area contributed by atoms with Gasteiger partial charge in [0.2, 0.25) is 0 Å². The molecule has 2 unspecified atom stereocenters. The van der Waals surface area contributed by atoms with Crippen molar-refractivity contribution in [3.63, 3.8) is 0 Å². The monoisotopic (exact) mass is 267 g/mol. The third kappa shape index (κ3) is 4.19. The average Bonchev–Trinajstić information content (AvgIpc) is 2.87. The first-order valence-electron chi connectivity index (χ1n) is 8.48. The molecule has 0 aromatic heterocycles. The van der Waals surface area contributed by atoms with Crippen LogP contribution < -0.4 is 5.32 Å². The second-order valence-corrected chi connectivity index (χ2v) is 7.33. The smallest absolute Gasteiger partial charge is 0.0733 e. The minimum Gasteiger partial charge on any atom is -0.376 e. The molecule has 0 aromatic carbocycles. The molecule has 2 fully saturated rings. The summed E-state index contributed by atoms with van der Waals surface area (Å²) in [6.07, 6.45) is 11.2. The van der Waals surface area contributed by atoms with E-state index in [1.165, 1.54) is 51.4 Å². The third-order valence-electron chi connectivity index (χ3n) is 5.16. The molecule has 1 N–H and O–H groups in total. The minimum atomic E-state index is 0.383. The number of hydrogen-bond donors (Lipinski definition) is 1. The topological polar surface area (TPSA) is 21.3 Å². The molecule has 112 valence electrons. The van der Waals surface area contributed by atoms with E-state index in [0.29, 0.717) is 17.6 Å². The first-order chi connectivity index (χ1) is 9.13. The molecule has 0 saturated heterocycles. The van der Waals surface area contributed by atoms with Gasteiger partial charge in [0, 0.05) is 12.6 Å². The predicted octanol–water partition coefficient (Wildman–Crippen LogP) is 4.14. The Morgan fingerprint density at radius 1 is 1.11 bits per heavy atom. The Labute approximate surface area is 119 Å². The van der Waals surface area contributed by atoms with Crippen LogP contribution in [-0.2, 0) is 4.74 Å². The fourth-order valence-corrected chi connectivity index (χ4v) is 3.91. The van der Waals surface area contributed by atoms with Gasteiger partial charge in [0.15, 0.2) is 0 Å². The molecule has 2 aliphatic carbocycles. The number of hydrogen-bond acceptors (Lipinski definition) is 2. The van der Waals surface area contributed by atoms with Gasteiger partial charge in [-0.15, -0.1) is 0 Å². The van der Waals surface area contributed by atoms with Crippen LogP contribution in [-0.4, -0.2) is 25.3 Å². The zero-order valence-corrected chi connectivity index (χ0v) is 13.2. The van der Waals surface area contributed by atoms with Crippen molar-refractivity contribution in [2.45, 2.75) is 84.3 Å². The van der Waals surface area contributed by atoms with Gasteiger partial charge in [0.25, 0.3) is 0 Å². The fraction of sp³-hybridized carbons (Fsp3) is 1.00. The highest BCUT2D eigenvalue weighted by molar-refractivity contribution is 4.94. The van der Waals surface area contributed by atoms with Gasteiger partial charge < -0.3 is 10.1 Å². The molecule has 2 saturated carbocycles. The SMILES string of the molecule is CCCNC1C(OCC2CCCC2)CCCC1(C)C. The van der Waals surface area contributed by atoms with Gasteiger partial charge in [-0.05, 0) is 50.0 Å². The summed E-state index contributed by atoms with van der Waals surface area (Å²) in [5, 5.41) is 3.76. The summed E-state index contributed by atoms with van der Waals surface area (Å²) in [6, 6.07) is 0.544. The van der Waals surface area contributed by atoms with Crippen molar-refractivity contribution in [1.82, 2.24) is 5.32 Å². The zero-order valence-electron chi connectivity index (χ0n) is 13.2. The van der Waals surface area contributed by atoms with Crippen LogP contribution >= 0.6 is 0 Å². The van der Waals surface area contributed by atoms with Crippen molar-refractivity contribution in [3.05, 3.63) is 0 Å². The highest BCUT2D eigenvalue weighted by atomic mass is 16.5. The first-order valence-corrected chi connectivity index (χ1v) is 8.48. The normalized spacial score (nSPS) is 31.7. The molecular weight excluding hydrogens is 234 g/mol. The maximum absolute atomic E-state index is 6.35. The van der Waals surface area contributed by atoms with Crippen LogP contribution in [0.1, 0.15) is 72.1 Å². The molecule has 0 heterocycles. The molecule has 2 nitrogen and oxygen atoms in total. The quantitative estimate of drug-likeness (QED) is 0.781. The van der Waals surface area contributed by atoms with E-state index in [4.69, 9.17) is 4.74 Å². The van der Waals surface area contributed by atoms with Gasteiger partial charge in [-0.25, -0.2) is 0 Å². The maximum Gasteiger partial charge on any atom is 0.0733 e. The molecule has 0 amide bonds. The van der Waals surface area contributed by atoms with Crippen LogP contribution in [0.4, 0.5) is 0 Å². The van der Waals surface area contributed by atoms with Crippen LogP contribution in [0.15, 0.2) is 0 Å². The molecule has 0 spiro atoms. The van der Waals surface area contributed by atoms with E-state index in [9.17, 15) is 0 Å².